The summed E-state index contributed by atoms with van der Waals surface area (Å²) in [5.41, 5.74) is 2.27. The number of carboxylic acid groups (broad SMARTS) is 1. The van der Waals surface area contributed by atoms with E-state index in [4.69, 9.17) is 0 Å². The normalized spacial score (nSPS) is 30.2. The van der Waals surface area contributed by atoms with Crippen LogP contribution in [0.25, 0.3) is 0 Å². The molecular formula is C16H20FNO2. The Morgan fingerprint density at radius 3 is 2.95 bits per heavy atom. The number of rotatable bonds is 2. The predicted molar refractivity (Wildman–Crippen MR) is 73.9 cm³/mol. The van der Waals surface area contributed by atoms with E-state index in [9.17, 15) is 14.3 Å². The molecule has 1 aromatic rings. The fraction of sp³-hybridized carbons (Fsp3) is 0.562. The molecule has 1 N–H and O–H groups in total. The standard InChI is InChI=1S/C16H20FNO2/c1-10-6-12(16(19)20)9-18(8-10)15-5-3-11-2-4-13(17)7-14(11)15/h2,4,7,10,12,15H,3,5-6,8-9H2,1H3,(H,19,20). The summed E-state index contributed by atoms with van der Waals surface area (Å²) >= 11 is 0. The second kappa shape index (κ2) is 5.17. The average molecular weight is 277 g/mol. The van der Waals surface area contributed by atoms with Crippen LogP contribution in [-0.2, 0) is 11.2 Å². The van der Waals surface area contributed by atoms with Crippen LogP contribution in [0.3, 0.4) is 0 Å². The van der Waals surface area contributed by atoms with Crippen molar-refractivity contribution >= 4 is 5.97 Å². The molecule has 1 saturated heterocycles. The minimum Gasteiger partial charge on any atom is -0.481 e. The van der Waals surface area contributed by atoms with E-state index in [-0.39, 0.29) is 17.8 Å². The molecule has 0 bridgehead atoms. The van der Waals surface area contributed by atoms with Crippen molar-refractivity contribution in [1.29, 1.82) is 0 Å². The SMILES string of the molecule is CC1CC(C(=O)O)CN(C2CCc3ccc(F)cc32)C1. The largest absolute Gasteiger partial charge is 0.481 e. The molecule has 0 aromatic heterocycles. The average Bonchev–Trinajstić information content (AvgIpc) is 2.80. The molecule has 1 heterocycles. The highest BCUT2D eigenvalue weighted by atomic mass is 19.1. The van der Waals surface area contributed by atoms with E-state index in [1.54, 1.807) is 6.07 Å². The van der Waals surface area contributed by atoms with Gasteiger partial charge in [-0.1, -0.05) is 13.0 Å². The highest BCUT2D eigenvalue weighted by molar-refractivity contribution is 5.70. The van der Waals surface area contributed by atoms with Gasteiger partial charge in [0, 0.05) is 19.1 Å². The molecule has 0 saturated carbocycles. The minimum atomic E-state index is -0.709. The monoisotopic (exact) mass is 277 g/mol. The first-order valence-corrected chi connectivity index (χ1v) is 7.29. The number of likely N-dealkylation sites (tertiary alicyclic amines) is 1. The van der Waals surface area contributed by atoms with E-state index in [0.29, 0.717) is 12.5 Å². The summed E-state index contributed by atoms with van der Waals surface area (Å²) in [6.07, 6.45) is 2.68. The number of benzene rings is 1. The van der Waals surface area contributed by atoms with Crippen molar-refractivity contribution in [3.63, 3.8) is 0 Å². The molecule has 1 aromatic carbocycles. The molecule has 0 spiro atoms. The van der Waals surface area contributed by atoms with E-state index in [1.165, 1.54) is 11.6 Å². The lowest BCUT2D eigenvalue weighted by Gasteiger charge is -2.38. The zero-order valence-corrected chi connectivity index (χ0v) is 11.7. The first-order valence-electron chi connectivity index (χ1n) is 7.29. The smallest absolute Gasteiger partial charge is 0.307 e. The third-order valence-corrected chi connectivity index (χ3v) is 4.63. The van der Waals surface area contributed by atoms with Gasteiger partial charge in [-0.15, -0.1) is 0 Å². The number of carbonyl (C=O) groups is 1. The second-order valence-electron chi connectivity index (χ2n) is 6.23. The zero-order chi connectivity index (χ0) is 14.3. The molecule has 3 rings (SSSR count). The zero-order valence-electron chi connectivity index (χ0n) is 11.7. The fourth-order valence-electron chi connectivity index (χ4n) is 3.76. The molecule has 4 heteroatoms. The van der Waals surface area contributed by atoms with Crippen LogP contribution in [0.5, 0.6) is 0 Å². The van der Waals surface area contributed by atoms with Crippen molar-refractivity contribution in [2.24, 2.45) is 11.8 Å². The number of hydrogen-bond donors (Lipinski definition) is 1. The van der Waals surface area contributed by atoms with Crippen molar-refractivity contribution < 1.29 is 14.3 Å². The number of carboxylic acids is 1. The summed E-state index contributed by atoms with van der Waals surface area (Å²) in [5, 5.41) is 9.27. The Morgan fingerprint density at radius 2 is 2.20 bits per heavy atom. The van der Waals surface area contributed by atoms with Crippen LogP contribution in [0.1, 0.15) is 36.9 Å². The van der Waals surface area contributed by atoms with E-state index in [0.717, 1.165) is 31.4 Å². The lowest BCUT2D eigenvalue weighted by atomic mass is 9.89. The topological polar surface area (TPSA) is 40.5 Å². The number of aryl methyl sites for hydroxylation is 1. The third kappa shape index (κ3) is 2.44. The molecule has 20 heavy (non-hydrogen) atoms. The third-order valence-electron chi connectivity index (χ3n) is 4.63. The molecule has 1 aliphatic heterocycles. The van der Waals surface area contributed by atoms with Gasteiger partial charge in [-0.3, -0.25) is 9.69 Å². The van der Waals surface area contributed by atoms with Crippen LogP contribution >= 0.6 is 0 Å². The lowest BCUT2D eigenvalue weighted by molar-refractivity contribution is -0.144. The highest BCUT2D eigenvalue weighted by Gasteiger charge is 2.36. The maximum atomic E-state index is 13.5. The summed E-state index contributed by atoms with van der Waals surface area (Å²) in [5.74, 6) is -0.826. The van der Waals surface area contributed by atoms with Crippen molar-refractivity contribution in [2.75, 3.05) is 13.1 Å². The van der Waals surface area contributed by atoms with Crippen molar-refractivity contribution in [1.82, 2.24) is 4.90 Å². The molecule has 3 nitrogen and oxygen atoms in total. The Bertz CT molecular complexity index is 531. The van der Waals surface area contributed by atoms with E-state index in [1.807, 2.05) is 6.07 Å². The van der Waals surface area contributed by atoms with E-state index < -0.39 is 5.97 Å². The van der Waals surface area contributed by atoms with E-state index in [2.05, 4.69) is 11.8 Å². The van der Waals surface area contributed by atoms with Gasteiger partial charge in [0.1, 0.15) is 5.82 Å². The van der Waals surface area contributed by atoms with Gasteiger partial charge < -0.3 is 5.11 Å². The van der Waals surface area contributed by atoms with Gasteiger partial charge in [-0.2, -0.15) is 0 Å². The molecular weight excluding hydrogens is 257 g/mol. The minimum absolute atomic E-state index is 0.185. The molecule has 3 unspecified atom stereocenters. The van der Waals surface area contributed by atoms with Crippen LogP contribution in [0.4, 0.5) is 4.39 Å². The second-order valence-corrected chi connectivity index (χ2v) is 6.23. The van der Waals surface area contributed by atoms with Gasteiger partial charge in [0.15, 0.2) is 0 Å². The Labute approximate surface area is 118 Å². The van der Waals surface area contributed by atoms with Crippen LogP contribution < -0.4 is 0 Å². The Kier molecular flexibility index (Phi) is 3.50. The van der Waals surface area contributed by atoms with Crippen molar-refractivity contribution in [3.05, 3.63) is 35.1 Å². The highest BCUT2D eigenvalue weighted by Crippen LogP contribution is 2.39. The van der Waals surface area contributed by atoms with Crippen LogP contribution in [0.2, 0.25) is 0 Å². The molecule has 0 radical (unpaired) electrons. The molecule has 1 aliphatic carbocycles. The van der Waals surface area contributed by atoms with Crippen LogP contribution in [-0.4, -0.2) is 29.1 Å². The predicted octanol–water partition coefficient (Wildman–Crippen LogP) is 2.86. The molecule has 1 fully saturated rings. The number of fused-ring (bicyclic) bond motifs is 1. The summed E-state index contributed by atoms with van der Waals surface area (Å²) < 4.78 is 13.5. The Balaban J connectivity index is 1.84. The molecule has 108 valence electrons. The maximum Gasteiger partial charge on any atom is 0.307 e. The fourth-order valence-corrected chi connectivity index (χ4v) is 3.76. The number of piperidine rings is 1. The van der Waals surface area contributed by atoms with Gasteiger partial charge in [0.25, 0.3) is 0 Å². The summed E-state index contributed by atoms with van der Waals surface area (Å²) in [4.78, 5) is 13.5. The van der Waals surface area contributed by atoms with Gasteiger partial charge in [-0.25, -0.2) is 4.39 Å². The summed E-state index contributed by atoms with van der Waals surface area (Å²) in [6.45, 7) is 3.59. The summed E-state index contributed by atoms with van der Waals surface area (Å²) in [6, 6.07) is 5.19. The van der Waals surface area contributed by atoms with Gasteiger partial charge in [0.05, 0.1) is 5.92 Å². The number of halogens is 1. The van der Waals surface area contributed by atoms with Gasteiger partial charge in [0.2, 0.25) is 0 Å². The van der Waals surface area contributed by atoms with Crippen molar-refractivity contribution in [3.8, 4) is 0 Å². The first kappa shape index (κ1) is 13.6. The molecule has 2 aliphatic rings. The first-order chi connectivity index (χ1) is 9.54. The van der Waals surface area contributed by atoms with E-state index >= 15 is 0 Å². The number of aliphatic carboxylic acids is 1. The number of nitrogens with zero attached hydrogens (tertiary/aromatic N) is 1. The van der Waals surface area contributed by atoms with Crippen LogP contribution in [0, 0.1) is 17.7 Å². The molecule has 0 amide bonds. The number of hydrogen-bond acceptors (Lipinski definition) is 2. The van der Waals surface area contributed by atoms with Gasteiger partial charge >= 0.3 is 5.97 Å². The summed E-state index contributed by atoms with van der Waals surface area (Å²) in [7, 11) is 0. The quantitative estimate of drug-likeness (QED) is 0.903. The maximum absolute atomic E-state index is 13.5. The molecule has 3 atom stereocenters. The Hall–Kier alpha value is -1.42. The lowest BCUT2D eigenvalue weighted by Crippen LogP contribution is -2.43. The van der Waals surface area contributed by atoms with Crippen molar-refractivity contribution in [2.45, 2.75) is 32.2 Å². The van der Waals surface area contributed by atoms with Gasteiger partial charge in [-0.05, 0) is 48.4 Å². The Morgan fingerprint density at radius 1 is 1.40 bits per heavy atom. The van der Waals surface area contributed by atoms with Crippen LogP contribution in [0.15, 0.2) is 18.2 Å².